The molecule has 0 radical (unpaired) electrons. The minimum Gasteiger partial charge on any atom is -0.389 e. The van der Waals surface area contributed by atoms with Crippen LogP contribution < -0.4 is 5.32 Å². The first-order valence-electron chi connectivity index (χ1n) is 6.69. The highest BCUT2D eigenvalue weighted by molar-refractivity contribution is 7.10. The molecule has 17 heavy (non-hydrogen) atoms. The summed E-state index contributed by atoms with van der Waals surface area (Å²) in [6.45, 7) is 2.90. The summed E-state index contributed by atoms with van der Waals surface area (Å²) in [5.74, 6) is 0. The maximum atomic E-state index is 10.5. The molecule has 2 N–H and O–H groups in total. The summed E-state index contributed by atoms with van der Waals surface area (Å²) in [6.07, 6.45) is 6.82. The molecule has 0 unspecified atom stereocenters. The van der Waals surface area contributed by atoms with Crippen molar-refractivity contribution >= 4 is 11.3 Å². The van der Waals surface area contributed by atoms with E-state index in [-0.39, 0.29) is 0 Å². The molecule has 0 amide bonds. The van der Waals surface area contributed by atoms with Gasteiger partial charge in [-0.05, 0) is 31.2 Å². The summed E-state index contributed by atoms with van der Waals surface area (Å²) in [5, 5.41) is 16.1. The minimum absolute atomic E-state index is 0.349. The molecule has 1 aliphatic rings. The van der Waals surface area contributed by atoms with E-state index in [1.807, 2.05) is 0 Å². The van der Waals surface area contributed by atoms with Crippen molar-refractivity contribution in [2.24, 2.45) is 0 Å². The fourth-order valence-electron chi connectivity index (χ4n) is 2.54. The van der Waals surface area contributed by atoms with E-state index in [0.717, 1.165) is 19.4 Å². The van der Waals surface area contributed by atoms with Crippen LogP contribution >= 0.6 is 11.3 Å². The van der Waals surface area contributed by atoms with Crippen LogP contribution in [-0.2, 0) is 0 Å². The summed E-state index contributed by atoms with van der Waals surface area (Å²) in [5.41, 5.74) is -0.470. The van der Waals surface area contributed by atoms with Crippen LogP contribution in [0.25, 0.3) is 0 Å². The van der Waals surface area contributed by atoms with Crippen LogP contribution in [0.4, 0.5) is 0 Å². The SMILES string of the molecule is C[C@@H](NCC1(O)CCCCCC1)c1cccs1. The molecule has 0 saturated heterocycles. The van der Waals surface area contributed by atoms with E-state index < -0.39 is 5.60 Å². The first-order valence-corrected chi connectivity index (χ1v) is 7.57. The van der Waals surface area contributed by atoms with Gasteiger partial charge < -0.3 is 10.4 Å². The van der Waals surface area contributed by atoms with E-state index in [1.165, 1.54) is 30.6 Å². The average Bonchev–Trinajstić information content (AvgIpc) is 2.77. The van der Waals surface area contributed by atoms with Gasteiger partial charge >= 0.3 is 0 Å². The van der Waals surface area contributed by atoms with E-state index in [4.69, 9.17) is 0 Å². The molecule has 1 heterocycles. The number of hydrogen-bond acceptors (Lipinski definition) is 3. The summed E-state index contributed by atoms with van der Waals surface area (Å²) in [6, 6.07) is 4.58. The van der Waals surface area contributed by atoms with Gasteiger partial charge in [0, 0.05) is 17.5 Å². The van der Waals surface area contributed by atoms with E-state index in [9.17, 15) is 5.11 Å². The van der Waals surface area contributed by atoms with Gasteiger partial charge in [-0.1, -0.05) is 31.7 Å². The van der Waals surface area contributed by atoms with Crippen LogP contribution in [0.2, 0.25) is 0 Å². The van der Waals surface area contributed by atoms with Gasteiger partial charge in [0.05, 0.1) is 5.60 Å². The standard InChI is InChI=1S/C14H23NOS/c1-12(13-7-6-10-17-13)15-11-14(16)8-4-2-3-5-9-14/h6-7,10,12,15-16H,2-5,8-9,11H2,1H3/t12-/m1/s1. The van der Waals surface area contributed by atoms with Gasteiger partial charge in [-0.15, -0.1) is 11.3 Å². The van der Waals surface area contributed by atoms with Crippen molar-refractivity contribution in [2.75, 3.05) is 6.54 Å². The summed E-state index contributed by atoms with van der Waals surface area (Å²) in [4.78, 5) is 1.35. The van der Waals surface area contributed by atoms with Crippen molar-refractivity contribution in [3.8, 4) is 0 Å². The molecular formula is C14H23NOS. The van der Waals surface area contributed by atoms with Crippen LogP contribution in [-0.4, -0.2) is 17.3 Å². The van der Waals surface area contributed by atoms with Crippen LogP contribution in [0.1, 0.15) is 56.4 Å². The average molecular weight is 253 g/mol. The van der Waals surface area contributed by atoms with Crippen molar-refractivity contribution in [1.29, 1.82) is 0 Å². The quantitative estimate of drug-likeness (QED) is 0.805. The van der Waals surface area contributed by atoms with Gasteiger partial charge in [0.2, 0.25) is 0 Å². The van der Waals surface area contributed by atoms with E-state index in [1.54, 1.807) is 11.3 Å². The van der Waals surface area contributed by atoms with Crippen molar-refractivity contribution in [1.82, 2.24) is 5.32 Å². The lowest BCUT2D eigenvalue weighted by atomic mass is 9.94. The van der Waals surface area contributed by atoms with Crippen LogP contribution in [0.3, 0.4) is 0 Å². The normalized spacial score (nSPS) is 22.0. The fourth-order valence-corrected chi connectivity index (χ4v) is 3.30. The summed E-state index contributed by atoms with van der Waals surface area (Å²) in [7, 11) is 0. The molecule has 0 spiro atoms. The van der Waals surface area contributed by atoms with Crippen molar-refractivity contribution in [2.45, 2.75) is 57.1 Å². The second-order valence-electron chi connectivity index (χ2n) is 5.26. The molecule has 1 saturated carbocycles. The van der Waals surface area contributed by atoms with Crippen LogP contribution in [0.15, 0.2) is 17.5 Å². The van der Waals surface area contributed by atoms with Gasteiger partial charge in [-0.3, -0.25) is 0 Å². The summed E-state index contributed by atoms with van der Waals surface area (Å²) >= 11 is 1.78. The van der Waals surface area contributed by atoms with Crippen LogP contribution in [0.5, 0.6) is 0 Å². The highest BCUT2D eigenvalue weighted by Crippen LogP contribution is 2.27. The third-order valence-electron chi connectivity index (χ3n) is 3.74. The predicted octanol–water partition coefficient (Wildman–Crippen LogP) is 3.48. The molecule has 1 aliphatic carbocycles. The van der Waals surface area contributed by atoms with Crippen molar-refractivity contribution < 1.29 is 5.11 Å². The molecule has 1 aromatic rings. The van der Waals surface area contributed by atoms with E-state index in [0.29, 0.717) is 6.04 Å². The molecule has 0 bridgehead atoms. The van der Waals surface area contributed by atoms with E-state index in [2.05, 4.69) is 29.8 Å². The highest BCUT2D eigenvalue weighted by atomic mass is 32.1. The zero-order valence-corrected chi connectivity index (χ0v) is 11.4. The van der Waals surface area contributed by atoms with Gasteiger partial charge in [0.1, 0.15) is 0 Å². The zero-order valence-electron chi connectivity index (χ0n) is 10.6. The second kappa shape index (κ2) is 5.98. The molecule has 3 heteroatoms. The minimum atomic E-state index is -0.470. The Morgan fingerprint density at radius 1 is 1.35 bits per heavy atom. The second-order valence-corrected chi connectivity index (χ2v) is 6.24. The Morgan fingerprint density at radius 3 is 2.65 bits per heavy atom. The topological polar surface area (TPSA) is 32.3 Å². The Balaban J connectivity index is 1.84. The third-order valence-corrected chi connectivity index (χ3v) is 4.80. The predicted molar refractivity (Wildman–Crippen MR) is 73.4 cm³/mol. The Kier molecular flexibility index (Phi) is 4.60. The van der Waals surface area contributed by atoms with Crippen molar-refractivity contribution in [3.63, 3.8) is 0 Å². The molecule has 96 valence electrons. The zero-order chi connectivity index (χ0) is 12.1. The Labute approximate surface area is 108 Å². The Bertz CT molecular complexity index is 315. The largest absolute Gasteiger partial charge is 0.389 e. The summed E-state index contributed by atoms with van der Waals surface area (Å²) < 4.78 is 0. The first kappa shape index (κ1) is 13.1. The molecule has 2 rings (SSSR count). The van der Waals surface area contributed by atoms with Gasteiger partial charge in [0.25, 0.3) is 0 Å². The lowest BCUT2D eigenvalue weighted by Gasteiger charge is -2.28. The Morgan fingerprint density at radius 2 is 2.06 bits per heavy atom. The van der Waals surface area contributed by atoms with E-state index >= 15 is 0 Å². The number of thiophene rings is 1. The molecule has 2 nitrogen and oxygen atoms in total. The molecular weight excluding hydrogens is 230 g/mol. The molecule has 0 aromatic carbocycles. The van der Waals surface area contributed by atoms with Gasteiger partial charge in [-0.25, -0.2) is 0 Å². The number of hydrogen-bond donors (Lipinski definition) is 2. The van der Waals surface area contributed by atoms with Gasteiger partial charge in [-0.2, -0.15) is 0 Å². The number of aliphatic hydroxyl groups is 1. The monoisotopic (exact) mass is 253 g/mol. The maximum absolute atomic E-state index is 10.5. The molecule has 0 aliphatic heterocycles. The first-order chi connectivity index (χ1) is 8.20. The Hall–Kier alpha value is -0.380. The molecule has 1 fully saturated rings. The fraction of sp³-hybridized carbons (Fsp3) is 0.714. The maximum Gasteiger partial charge on any atom is 0.0771 e. The number of rotatable bonds is 4. The molecule has 1 atom stereocenters. The molecule has 1 aromatic heterocycles. The smallest absolute Gasteiger partial charge is 0.0771 e. The van der Waals surface area contributed by atoms with Gasteiger partial charge in [0.15, 0.2) is 0 Å². The highest BCUT2D eigenvalue weighted by Gasteiger charge is 2.28. The third kappa shape index (κ3) is 3.80. The lowest BCUT2D eigenvalue weighted by Crippen LogP contribution is -2.40. The van der Waals surface area contributed by atoms with Crippen LogP contribution in [0, 0.1) is 0 Å². The lowest BCUT2D eigenvalue weighted by molar-refractivity contribution is 0.0232. The van der Waals surface area contributed by atoms with Crippen molar-refractivity contribution in [3.05, 3.63) is 22.4 Å². The number of nitrogens with one attached hydrogen (secondary N) is 1.